The molecule has 0 saturated carbocycles. The lowest BCUT2D eigenvalue weighted by Crippen LogP contribution is -2.26. The lowest BCUT2D eigenvalue weighted by molar-refractivity contribution is 0.794. The van der Waals surface area contributed by atoms with E-state index in [2.05, 4.69) is 262 Å². The third-order valence-corrected chi connectivity index (χ3v) is 13.7. The van der Waals surface area contributed by atoms with Gasteiger partial charge in [-0.05, 0) is 167 Å². The van der Waals surface area contributed by atoms with Crippen LogP contribution >= 0.6 is 0 Å². The van der Waals surface area contributed by atoms with Crippen LogP contribution < -0.4 is 9.80 Å². The monoisotopic (exact) mass is 860 g/mol. The van der Waals surface area contributed by atoms with Gasteiger partial charge in [-0.25, -0.2) is 0 Å². The molecule has 9 aromatic rings. The molecule has 2 aliphatic rings. The molecule has 322 valence electrons. The molecule has 11 rings (SSSR count). The summed E-state index contributed by atoms with van der Waals surface area (Å²) in [6.45, 7) is 12.5. The molecule has 0 bridgehead atoms. The summed E-state index contributed by atoms with van der Waals surface area (Å²) in [5.74, 6) is 0. The average Bonchev–Trinajstić information content (AvgIpc) is 3.83. The summed E-state index contributed by atoms with van der Waals surface area (Å²) < 4.78 is 0. The van der Waals surface area contributed by atoms with Gasteiger partial charge in [0.2, 0.25) is 0 Å². The van der Waals surface area contributed by atoms with Crippen LogP contribution in [0.15, 0.2) is 237 Å². The lowest BCUT2D eigenvalue weighted by Gasteiger charge is -2.32. The van der Waals surface area contributed by atoms with Gasteiger partial charge in [-0.15, -0.1) is 0 Å². The number of anilines is 6. The number of para-hydroxylation sites is 1. The maximum atomic E-state index is 3.96. The molecule has 2 heteroatoms. The summed E-state index contributed by atoms with van der Waals surface area (Å²) in [5.41, 5.74) is 24.9. The van der Waals surface area contributed by atoms with Crippen LogP contribution in [0, 0.1) is 20.8 Å². The van der Waals surface area contributed by atoms with Crippen molar-refractivity contribution in [3.63, 3.8) is 0 Å². The first-order chi connectivity index (χ1) is 32.9. The van der Waals surface area contributed by atoms with Gasteiger partial charge < -0.3 is 9.80 Å². The third-order valence-electron chi connectivity index (χ3n) is 13.7. The molecule has 0 heterocycles. The number of fused-ring (bicyclic) bond motifs is 10. The highest BCUT2D eigenvalue weighted by Crippen LogP contribution is 2.65. The van der Waals surface area contributed by atoms with E-state index in [0.717, 1.165) is 39.6 Å². The van der Waals surface area contributed by atoms with Crippen LogP contribution in [-0.2, 0) is 5.41 Å². The Hall–Kier alpha value is -8.20. The van der Waals surface area contributed by atoms with Crippen molar-refractivity contribution in [2.75, 3.05) is 9.80 Å². The smallest absolute Gasteiger partial charge is 0.0726 e. The van der Waals surface area contributed by atoms with Gasteiger partial charge in [-0.1, -0.05) is 175 Å². The maximum absolute atomic E-state index is 3.96. The van der Waals surface area contributed by atoms with Crippen LogP contribution in [0.3, 0.4) is 0 Å². The summed E-state index contributed by atoms with van der Waals surface area (Å²) in [7, 11) is 0. The molecule has 0 N–H and O–H groups in total. The second-order valence-electron chi connectivity index (χ2n) is 17.9. The van der Waals surface area contributed by atoms with Crippen LogP contribution in [0.4, 0.5) is 34.1 Å². The zero-order valence-electron chi connectivity index (χ0n) is 38.5. The molecule has 2 aliphatic carbocycles. The Morgan fingerprint density at radius 2 is 1.00 bits per heavy atom. The minimum atomic E-state index is -0.535. The van der Waals surface area contributed by atoms with E-state index in [4.69, 9.17) is 0 Å². The van der Waals surface area contributed by atoms with Crippen molar-refractivity contribution in [3.8, 4) is 33.4 Å². The van der Waals surface area contributed by atoms with Crippen LogP contribution in [0.2, 0.25) is 0 Å². The first kappa shape index (κ1) is 41.5. The number of hydrogen-bond acceptors (Lipinski definition) is 2. The second-order valence-corrected chi connectivity index (χ2v) is 17.9. The molecule has 0 radical (unpaired) electrons. The Morgan fingerprint density at radius 1 is 0.433 bits per heavy atom. The zero-order valence-corrected chi connectivity index (χ0v) is 38.5. The first-order valence-corrected chi connectivity index (χ1v) is 23.3. The molecule has 1 unspecified atom stereocenters. The van der Waals surface area contributed by atoms with E-state index in [-0.39, 0.29) is 0 Å². The lowest BCUT2D eigenvalue weighted by atomic mass is 9.70. The van der Waals surface area contributed by atoms with Gasteiger partial charge in [0, 0.05) is 34.0 Å². The number of hydrogen-bond donors (Lipinski definition) is 0. The predicted octanol–water partition coefficient (Wildman–Crippen LogP) is 17.7. The fourth-order valence-electron chi connectivity index (χ4n) is 10.8. The van der Waals surface area contributed by atoms with Gasteiger partial charge in [-0.3, -0.25) is 0 Å². The van der Waals surface area contributed by atoms with E-state index >= 15 is 0 Å². The topological polar surface area (TPSA) is 6.48 Å². The van der Waals surface area contributed by atoms with Crippen molar-refractivity contribution in [3.05, 3.63) is 282 Å². The Kier molecular flexibility index (Phi) is 10.5. The maximum Gasteiger partial charge on any atom is 0.0726 e. The second kappa shape index (κ2) is 17.0. The fourth-order valence-corrected chi connectivity index (χ4v) is 10.8. The van der Waals surface area contributed by atoms with Gasteiger partial charge in [0.1, 0.15) is 0 Å². The molecule has 2 nitrogen and oxygen atoms in total. The van der Waals surface area contributed by atoms with E-state index in [9.17, 15) is 0 Å². The number of allylic oxidation sites excluding steroid dienone is 5. The Morgan fingerprint density at radius 3 is 1.67 bits per heavy atom. The molecule has 0 amide bonds. The number of benzene rings is 9. The molecule has 0 aromatic heterocycles. The Balaban J connectivity index is 1.10. The standard InChI is InChI=1S/C65H52N2/c1-6-16-47(17-7-2)48-30-37-52(38-31-48)66(51-18-9-8-10-19-51)55-41-46(5)40-50(42-55)49-32-39-57-56-20-11-13-22-59(56)65(62(57)43-49)60-23-14-12-21-58(60)64-61(65)24-15-25-63(64)67(53-33-26-44(3)27-34-53)54-35-28-45(4)29-36-54/h6-43H,1H2,2-5H3/b17-7-,47-16+. The van der Waals surface area contributed by atoms with Crippen molar-refractivity contribution in [1.29, 1.82) is 0 Å². The third kappa shape index (κ3) is 6.96. The van der Waals surface area contributed by atoms with Crippen LogP contribution in [-0.4, -0.2) is 0 Å². The van der Waals surface area contributed by atoms with Crippen molar-refractivity contribution < 1.29 is 0 Å². The average molecular weight is 861 g/mol. The molecule has 1 spiro atoms. The molecule has 0 fully saturated rings. The summed E-state index contributed by atoms with van der Waals surface area (Å²) in [6, 6.07) is 76.9. The molecule has 9 aromatic carbocycles. The van der Waals surface area contributed by atoms with E-state index in [1.165, 1.54) is 78.0 Å². The molecule has 1 atom stereocenters. The molecule has 67 heavy (non-hydrogen) atoms. The molecule has 0 aliphatic heterocycles. The fraction of sp³-hybridized carbons (Fsp3) is 0.0769. The Bertz CT molecular complexity index is 3350. The van der Waals surface area contributed by atoms with Crippen LogP contribution in [0.5, 0.6) is 0 Å². The van der Waals surface area contributed by atoms with E-state index < -0.39 is 5.41 Å². The number of nitrogens with zero attached hydrogens (tertiary/aromatic N) is 2. The minimum absolute atomic E-state index is 0.535. The van der Waals surface area contributed by atoms with Crippen molar-refractivity contribution in [2.45, 2.75) is 33.1 Å². The van der Waals surface area contributed by atoms with Crippen molar-refractivity contribution in [1.82, 2.24) is 0 Å². The highest BCUT2D eigenvalue weighted by Gasteiger charge is 2.52. The first-order valence-electron chi connectivity index (χ1n) is 23.3. The van der Waals surface area contributed by atoms with Gasteiger partial charge in [0.05, 0.1) is 11.1 Å². The van der Waals surface area contributed by atoms with Gasteiger partial charge in [-0.2, -0.15) is 0 Å². The van der Waals surface area contributed by atoms with E-state index in [1.807, 2.05) is 13.0 Å². The normalized spacial score (nSPS) is 14.4. The van der Waals surface area contributed by atoms with Gasteiger partial charge in [0.15, 0.2) is 0 Å². The van der Waals surface area contributed by atoms with E-state index in [0.29, 0.717) is 0 Å². The summed E-state index contributed by atoms with van der Waals surface area (Å²) in [5, 5.41) is 0. The van der Waals surface area contributed by atoms with E-state index in [1.54, 1.807) is 0 Å². The quantitative estimate of drug-likeness (QED) is 0.126. The number of aryl methyl sites for hydroxylation is 3. The highest BCUT2D eigenvalue weighted by atomic mass is 15.1. The van der Waals surface area contributed by atoms with Gasteiger partial charge >= 0.3 is 0 Å². The SMILES string of the molecule is C=C/C=C(\C=C/C)c1ccc(N(c2ccccc2)c2cc(C)cc(-c3ccc4c(c3)C3(c5ccccc5-4)c4ccccc4-c4c(N(c5ccc(C)cc5)c5ccc(C)cc5)cccc43)c2)cc1. The predicted molar refractivity (Wildman–Crippen MR) is 285 cm³/mol. The van der Waals surface area contributed by atoms with Crippen molar-refractivity contribution in [2.24, 2.45) is 0 Å². The summed E-state index contributed by atoms with van der Waals surface area (Å²) in [6.07, 6.45) is 8.11. The largest absolute Gasteiger partial charge is 0.310 e. The highest BCUT2D eigenvalue weighted by molar-refractivity contribution is 6.01. The van der Waals surface area contributed by atoms with Crippen LogP contribution in [0.25, 0.3) is 39.0 Å². The van der Waals surface area contributed by atoms with Crippen LogP contribution in [0.1, 0.15) is 51.4 Å². The van der Waals surface area contributed by atoms with Gasteiger partial charge in [0.25, 0.3) is 0 Å². The molecular weight excluding hydrogens is 809 g/mol. The molecule has 0 saturated heterocycles. The minimum Gasteiger partial charge on any atom is -0.310 e. The van der Waals surface area contributed by atoms with Crippen molar-refractivity contribution >= 4 is 39.7 Å². The Labute approximate surface area is 395 Å². The molecular formula is C65H52N2. The summed E-state index contributed by atoms with van der Waals surface area (Å²) in [4.78, 5) is 4.82. The number of rotatable bonds is 10. The zero-order chi connectivity index (χ0) is 45.6. The summed E-state index contributed by atoms with van der Waals surface area (Å²) >= 11 is 0.